The van der Waals surface area contributed by atoms with Crippen molar-refractivity contribution >= 4 is 29.0 Å². The lowest BCUT2D eigenvalue weighted by molar-refractivity contribution is 0.0987. The summed E-state index contributed by atoms with van der Waals surface area (Å²) in [6.07, 6.45) is 0. The molecule has 0 atom stereocenters. The minimum Gasteiger partial charge on any atom is -0.399 e. The first-order valence-corrected chi connectivity index (χ1v) is 7.33. The van der Waals surface area contributed by atoms with Gasteiger partial charge in [0.15, 0.2) is 0 Å². The third-order valence-corrected chi connectivity index (χ3v) is 4.24. The van der Waals surface area contributed by atoms with Crippen molar-refractivity contribution < 1.29 is 13.6 Å². The van der Waals surface area contributed by atoms with E-state index in [1.165, 1.54) is 4.90 Å². The summed E-state index contributed by atoms with van der Waals surface area (Å²) in [7, 11) is 0. The minimum atomic E-state index is -0.766. The quantitative estimate of drug-likeness (QED) is 0.822. The van der Waals surface area contributed by atoms with Gasteiger partial charge in [-0.15, -0.1) is 11.8 Å². The molecule has 2 aromatic rings. The van der Waals surface area contributed by atoms with E-state index in [0.717, 1.165) is 28.8 Å². The Hall–Kier alpha value is -2.08. The lowest BCUT2D eigenvalue weighted by Crippen LogP contribution is -2.35. The highest BCUT2D eigenvalue weighted by Crippen LogP contribution is 2.36. The molecular weight excluding hydrogens is 294 g/mol. The van der Waals surface area contributed by atoms with Gasteiger partial charge < -0.3 is 10.6 Å². The van der Waals surface area contributed by atoms with Crippen LogP contribution in [0.25, 0.3) is 0 Å². The number of amides is 1. The van der Waals surface area contributed by atoms with Crippen molar-refractivity contribution in [1.82, 2.24) is 0 Å². The van der Waals surface area contributed by atoms with Crippen molar-refractivity contribution in [3.8, 4) is 0 Å². The van der Waals surface area contributed by atoms with Gasteiger partial charge in [0, 0.05) is 34.5 Å². The Morgan fingerprint density at radius 1 is 1.14 bits per heavy atom. The molecule has 0 aliphatic carbocycles. The van der Waals surface area contributed by atoms with E-state index in [-0.39, 0.29) is 5.56 Å². The molecule has 3 nitrogen and oxygen atoms in total. The topological polar surface area (TPSA) is 46.3 Å². The van der Waals surface area contributed by atoms with Gasteiger partial charge in [0.25, 0.3) is 5.91 Å². The smallest absolute Gasteiger partial charge is 0.258 e. The van der Waals surface area contributed by atoms with Crippen LogP contribution in [0, 0.1) is 11.6 Å². The van der Waals surface area contributed by atoms with Crippen LogP contribution in [0.5, 0.6) is 0 Å². The number of nitrogens with zero attached hydrogens (tertiary/aromatic N) is 1. The third kappa shape index (κ3) is 2.71. The molecular formula is C15H12F2N2OS. The fourth-order valence-electron chi connectivity index (χ4n) is 2.28. The summed E-state index contributed by atoms with van der Waals surface area (Å²) in [5, 5.41) is 0. The van der Waals surface area contributed by atoms with Gasteiger partial charge in [-0.25, -0.2) is 8.78 Å². The first-order chi connectivity index (χ1) is 10.0. The standard InChI is InChI=1S/C15H12F2N2OS/c16-10-5-9(6-11(17)7-10)15(20)19-3-4-21-14-2-1-12(18)8-13(14)19/h1-2,5-8H,3-4,18H2. The van der Waals surface area contributed by atoms with Crippen molar-refractivity contribution in [2.24, 2.45) is 0 Å². The maximum atomic E-state index is 13.3. The Morgan fingerprint density at radius 2 is 1.86 bits per heavy atom. The Morgan fingerprint density at radius 3 is 2.57 bits per heavy atom. The number of carbonyl (C=O) groups is 1. The van der Waals surface area contributed by atoms with E-state index >= 15 is 0 Å². The van der Waals surface area contributed by atoms with Crippen LogP contribution in [0.3, 0.4) is 0 Å². The zero-order valence-electron chi connectivity index (χ0n) is 11.0. The van der Waals surface area contributed by atoms with Crippen molar-refractivity contribution in [3.05, 3.63) is 53.6 Å². The molecule has 1 heterocycles. The average Bonchev–Trinajstić information content (AvgIpc) is 2.44. The maximum Gasteiger partial charge on any atom is 0.258 e. The fraction of sp³-hybridized carbons (Fsp3) is 0.133. The molecule has 0 unspecified atom stereocenters. The largest absolute Gasteiger partial charge is 0.399 e. The number of hydrogen-bond donors (Lipinski definition) is 1. The normalized spacial score (nSPS) is 13.9. The molecule has 0 saturated carbocycles. The molecule has 2 aromatic carbocycles. The monoisotopic (exact) mass is 306 g/mol. The number of halogens is 2. The number of hydrogen-bond acceptors (Lipinski definition) is 3. The second-order valence-electron chi connectivity index (χ2n) is 4.69. The SMILES string of the molecule is Nc1ccc2c(c1)N(C(=O)c1cc(F)cc(F)c1)CCS2. The van der Waals surface area contributed by atoms with E-state index < -0.39 is 17.5 Å². The van der Waals surface area contributed by atoms with E-state index in [2.05, 4.69) is 0 Å². The Kier molecular flexibility index (Phi) is 3.55. The Bertz CT molecular complexity index is 701. The molecule has 1 aliphatic rings. The molecule has 2 N–H and O–H groups in total. The van der Waals surface area contributed by atoms with Gasteiger partial charge in [-0.2, -0.15) is 0 Å². The highest BCUT2D eigenvalue weighted by atomic mass is 32.2. The number of thioether (sulfide) groups is 1. The van der Waals surface area contributed by atoms with Gasteiger partial charge in [0.05, 0.1) is 5.69 Å². The van der Waals surface area contributed by atoms with E-state index in [4.69, 9.17) is 5.73 Å². The molecule has 0 saturated heterocycles. The maximum absolute atomic E-state index is 13.3. The lowest BCUT2D eigenvalue weighted by atomic mass is 10.1. The molecule has 0 fully saturated rings. The van der Waals surface area contributed by atoms with Gasteiger partial charge in [-0.05, 0) is 30.3 Å². The summed E-state index contributed by atoms with van der Waals surface area (Å²) >= 11 is 1.62. The van der Waals surface area contributed by atoms with Gasteiger partial charge >= 0.3 is 0 Å². The van der Waals surface area contributed by atoms with Crippen LogP contribution < -0.4 is 10.6 Å². The third-order valence-electron chi connectivity index (χ3n) is 3.20. The molecule has 108 valence electrons. The zero-order chi connectivity index (χ0) is 15.0. The van der Waals surface area contributed by atoms with E-state index in [1.807, 2.05) is 6.07 Å². The van der Waals surface area contributed by atoms with E-state index in [1.54, 1.807) is 23.9 Å². The van der Waals surface area contributed by atoms with Crippen molar-refractivity contribution in [2.45, 2.75) is 4.90 Å². The van der Waals surface area contributed by atoms with Gasteiger partial charge in [0.1, 0.15) is 11.6 Å². The van der Waals surface area contributed by atoms with Crippen molar-refractivity contribution in [3.63, 3.8) is 0 Å². The number of fused-ring (bicyclic) bond motifs is 1. The first-order valence-electron chi connectivity index (χ1n) is 6.35. The van der Waals surface area contributed by atoms with Gasteiger partial charge in [0.2, 0.25) is 0 Å². The fourth-order valence-corrected chi connectivity index (χ4v) is 3.25. The predicted octanol–water partition coefficient (Wildman–Crippen LogP) is 3.30. The Labute approximate surface area is 124 Å². The van der Waals surface area contributed by atoms with Crippen molar-refractivity contribution in [1.29, 1.82) is 0 Å². The van der Waals surface area contributed by atoms with Gasteiger partial charge in [-0.3, -0.25) is 4.79 Å². The molecule has 6 heteroatoms. The number of nitrogen functional groups attached to an aromatic ring is 1. The molecule has 0 radical (unpaired) electrons. The second kappa shape index (κ2) is 5.37. The molecule has 0 bridgehead atoms. The summed E-state index contributed by atoms with van der Waals surface area (Å²) in [5.41, 5.74) is 6.98. The Balaban J connectivity index is 2.01. The van der Waals surface area contributed by atoms with Crippen molar-refractivity contribution in [2.75, 3.05) is 22.9 Å². The first kappa shape index (κ1) is 13.9. The highest BCUT2D eigenvalue weighted by molar-refractivity contribution is 7.99. The summed E-state index contributed by atoms with van der Waals surface area (Å²) in [6, 6.07) is 8.14. The minimum absolute atomic E-state index is 0.00669. The van der Waals surface area contributed by atoms with Gasteiger partial charge in [-0.1, -0.05) is 0 Å². The zero-order valence-corrected chi connectivity index (χ0v) is 11.8. The number of anilines is 2. The molecule has 0 aromatic heterocycles. The molecule has 21 heavy (non-hydrogen) atoms. The molecule has 1 aliphatic heterocycles. The highest BCUT2D eigenvalue weighted by Gasteiger charge is 2.25. The van der Waals surface area contributed by atoms with Crippen LogP contribution in [0.2, 0.25) is 0 Å². The van der Waals surface area contributed by atoms with Crippen LogP contribution in [-0.4, -0.2) is 18.2 Å². The van der Waals surface area contributed by atoms with Crippen LogP contribution >= 0.6 is 11.8 Å². The lowest BCUT2D eigenvalue weighted by Gasteiger charge is -2.29. The number of benzene rings is 2. The van der Waals surface area contributed by atoms with Crippen LogP contribution in [0.1, 0.15) is 10.4 Å². The summed E-state index contributed by atoms with van der Waals surface area (Å²) in [4.78, 5) is 15.0. The second-order valence-corrected chi connectivity index (χ2v) is 5.83. The molecule has 1 amide bonds. The van der Waals surface area contributed by atoms with E-state index in [9.17, 15) is 13.6 Å². The van der Waals surface area contributed by atoms with Crippen LogP contribution in [-0.2, 0) is 0 Å². The van der Waals surface area contributed by atoms with Crippen LogP contribution in [0.15, 0.2) is 41.3 Å². The van der Waals surface area contributed by atoms with Crippen LogP contribution in [0.4, 0.5) is 20.2 Å². The summed E-state index contributed by atoms with van der Waals surface area (Å²) in [6.45, 7) is 0.470. The number of nitrogens with two attached hydrogens (primary N) is 1. The predicted molar refractivity (Wildman–Crippen MR) is 79.6 cm³/mol. The average molecular weight is 306 g/mol. The molecule has 0 spiro atoms. The van der Waals surface area contributed by atoms with E-state index in [0.29, 0.717) is 17.9 Å². The number of carbonyl (C=O) groups excluding carboxylic acids is 1. The summed E-state index contributed by atoms with van der Waals surface area (Å²) in [5.74, 6) is -1.24. The number of rotatable bonds is 1. The molecule has 3 rings (SSSR count). The summed E-state index contributed by atoms with van der Waals surface area (Å²) < 4.78 is 26.6.